The molecule has 1 aliphatic carbocycles. The number of rotatable bonds is 3. The molecule has 1 saturated carbocycles. The van der Waals surface area contributed by atoms with Crippen LogP contribution in [0.1, 0.15) is 35.6 Å². The summed E-state index contributed by atoms with van der Waals surface area (Å²) in [5, 5.41) is 5.09. The van der Waals surface area contributed by atoms with Gasteiger partial charge in [0.05, 0.1) is 0 Å². The Kier molecular flexibility index (Phi) is 2.79. The summed E-state index contributed by atoms with van der Waals surface area (Å²) in [5.41, 5.74) is 4.65. The molecular formula is C14H14BrNO. The highest BCUT2D eigenvalue weighted by Gasteiger charge is 2.32. The number of aromatic nitrogens is 1. The first-order valence-corrected chi connectivity index (χ1v) is 7.04. The van der Waals surface area contributed by atoms with Gasteiger partial charge in [-0.3, -0.25) is 0 Å². The van der Waals surface area contributed by atoms with Crippen LogP contribution in [0.4, 0.5) is 0 Å². The van der Waals surface area contributed by atoms with Crippen LogP contribution < -0.4 is 0 Å². The van der Waals surface area contributed by atoms with Crippen molar-refractivity contribution in [1.82, 2.24) is 5.16 Å². The van der Waals surface area contributed by atoms with Gasteiger partial charge in [0, 0.05) is 22.4 Å². The van der Waals surface area contributed by atoms with Crippen LogP contribution in [0, 0.1) is 6.92 Å². The van der Waals surface area contributed by atoms with Crippen LogP contribution in [0.25, 0.3) is 11.3 Å². The van der Waals surface area contributed by atoms with Crippen LogP contribution >= 0.6 is 15.9 Å². The van der Waals surface area contributed by atoms with E-state index in [1.165, 1.54) is 29.5 Å². The van der Waals surface area contributed by atoms with E-state index in [1.807, 2.05) is 6.07 Å². The third-order valence-electron chi connectivity index (χ3n) is 3.30. The Morgan fingerprint density at radius 3 is 2.76 bits per heavy atom. The summed E-state index contributed by atoms with van der Waals surface area (Å²) in [6, 6.07) is 8.31. The minimum absolute atomic E-state index is 0.604. The molecule has 0 amide bonds. The molecule has 2 nitrogen and oxygen atoms in total. The Morgan fingerprint density at radius 2 is 2.12 bits per heavy atom. The van der Waals surface area contributed by atoms with E-state index in [0.717, 1.165) is 16.8 Å². The molecule has 0 aliphatic heterocycles. The second kappa shape index (κ2) is 4.30. The number of hydrogen-bond acceptors (Lipinski definition) is 2. The number of nitrogens with zero attached hydrogens (tertiary/aromatic N) is 1. The molecule has 17 heavy (non-hydrogen) atoms. The fourth-order valence-electron chi connectivity index (χ4n) is 2.17. The first-order valence-electron chi connectivity index (χ1n) is 5.91. The molecular weight excluding hydrogens is 278 g/mol. The molecule has 0 saturated heterocycles. The zero-order valence-electron chi connectivity index (χ0n) is 9.74. The largest absolute Gasteiger partial charge is 0.360 e. The van der Waals surface area contributed by atoms with Crippen LogP contribution in [0.3, 0.4) is 0 Å². The smallest absolute Gasteiger partial charge is 0.144 e. The Morgan fingerprint density at radius 1 is 1.35 bits per heavy atom. The molecule has 0 N–H and O–H groups in total. The van der Waals surface area contributed by atoms with Gasteiger partial charge in [-0.1, -0.05) is 45.4 Å². The zero-order valence-corrected chi connectivity index (χ0v) is 11.3. The van der Waals surface area contributed by atoms with Gasteiger partial charge in [-0.25, -0.2) is 0 Å². The van der Waals surface area contributed by atoms with E-state index in [1.54, 1.807) is 0 Å². The Balaban J connectivity index is 2.11. The molecule has 88 valence electrons. The van der Waals surface area contributed by atoms with Crippen LogP contribution in [0.15, 0.2) is 28.8 Å². The summed E-state index contributed by atoms with van der Waals surface area (Å²) < 4.78 is 5.54. The average molecular weight is 292 g/mol. The predicted molar refractivity (Wildman–Crippen MR) is 71.3 cm³/mol. The quantitative estimate of drug-likeness (QED) is 0.782. The van der Waals surface area contributed by atoms with Crippen LogP contribution in [0.5, 0.6) is 0 Å². The van der Waals surface area contributed by atoms with Crippen molar-refractivity contribution in [3.8, 4) is 11.3 Å². The highest BCUT2D eigenvalue weighted by atomic mass is 79.9. The number of hydrogen-bond donors (Lipinski definition) is 0. The van der Waals surface area contributed by atoms with Gasteiger partial charge >= 0.3 is 0 Å². The summed E-state index contributed by atoms with van der Waals surface area (Å²) in [6.45, 7) is 2.11. The van der Waals surface area contributed by atoms with Gasteiger partial charge in [-0.2, -0.15) is 0 Å². The van der Waals surface area contributed by atoms with Crippen LogP contribution in [-0.4, -0.2) is 5.16 Å². The first-order chi connectivity index (χ1) is 8.31. The Labute approximate surface area is 109 Å². The molecule has 1 heterocycles. The van der Waals surface area contributed by atoms with Crippen molar-refractivity contribution in [3.63, 3.8) is 0 Å². The van der Waals surface area contributed by atoms with Gasteiger partial charge in [0.15, 0.2) is 0 Å². The van der Waals surface area contributed by atoms with Gasteiger partial charge < -0.3 is 4.52 Å². The maximum Gasteiger partial charge on any atom is 0.144 e. The lowest BCUT2D eigenvalue weighted by molar-refractivity contribution is 0.385. The summed E-state index contributed by atoms with van der Waals surface area (Å²) in [5.74, 6) is 1.69. The maximum atomic E-state index is 5.54. The lowest BCUT2D eigenvalue weighted by atomic mass is 10.0. The van der Waals surface area contributed by atoms with Crippen molar-refractivity contribution in [3.05, 3.63) is 41.2 Å². The van der Waals surface area contributed by atoms with Crippen LogP contribution in [0.2, 0.25) is 0 Å². The van der Waals surface area contributed by atoms with Crippen molar-refractivity contribution in [1.29, 1.82) is 0 Å². The van der Waals surface area contributed by atoms with Crippen molar-refractivity contribution < 1.29 is 4.52 Å². The second-order valence-corrected chi connectivity index (χ2v) is 5.16. The lowest BCUT2D eigenvalue weighted by Crippen LogP contribution is -1.89. The molecule has 1 fully saturated rings. The predicted octanol–water partition coefficient (Wildman–Crippen LogP) is 4.42. The fourth-order valence-corrected chi connectivity index (χ4v) is 2.71. The van der Waals surface area contributed by atoms with E-state index in [0.29, 0.717) is 5.92 Å². The van der Waals surface area contributed by atoms with E-state index in [4.69, 9.17) is 4.52 Å². The topological polar surface area (TPSA) is 26.0 Å². The van der Waals surface area contributed by atoms with Gasteiger partial charge in [0.25, 0.3) is 0 Å². The van der Waals surface area contributed by atoms with Crippen molar-refractivity contribution in [2.45, 2.75) is 31.0 Å². The Hall–Kier alpha value is -1.09. The summed E-state index contributed by atoms with van der Waals surface area (Å²) in [6.07, 6.45) is 2.48. The molecule has 1 aromatic heterocycles. The molecule has 3 rings (SSSR count). The third kappa shape index (κ3) is 1.93. The number of aryl methyl sites for hydroxylation is 1. The van der Waals surface area contributed by atoms with Gasteiger partial charge in [-0.05, 0) is 25.3 Å². The number of benzene rings is 1. The molecule has 0 atom stereocenters. The fraction of sp³-hybridized carbons (Fsp3) is 0.357. The number of alkyl halides is 1. The standard InChI is InChI=1S/C14H14BrNO/c1-9-4-2-3-5-11(9)13-12(8-15)14(17-16-13)10-6-7-10/h2-5,10H,6-8H2,1H3. The van der Waals surface area contributed by atoms with Gasteiger partial charge in [0.1, 0.15) is 11.5 Å². The first kappa shape index (κ1) is 11.0. The SMILES string of the molecule is Cc1ccccc1-c1noc(C2CC2)c1CBr. The number of halogens is 1. The monoisotopic (exact) mass is 291 g/mol. The third-order valence-corrected chi connectivity index (χ3v) is 3.86. The summed E-state index contributed by atoms with van der Waals surface area (Å²) in [4.78, 5) is 0. The Bertz CT molecular complexity index is 543. The van der Waals surface area contributed by atoms with Crippen molar-refractivity contribution in [2.75, 3.05) is 0 Å². The average Bonchev–Trinajstić information content (AvgIpc) is 3.10. The molecule has 2 aromatic rings. The van der Waals surface area contributed by atoms with Crippen molar-refractivity contribution in [2.24, 2.45) is 0 Å². The van der Waals surface area contributed by atoms with Crippen molar-refractivity contribution >= 4 is 15.9 Å². The van der Waals surface area contributed by atoms with Crippen LogP contribution in [-0.2, 0) is 5.33 Å². The van der Waals surface area contributed by atoms with E-state index in [-0.39, 0.29) is 0 Å². The maximum absolute atomic E-state index is 5.54. The molecule has 0 unspecified atom stereocenters. The van der Waals surface area contributed by atoms with E-state index >= 15 is 0 Å². The molecule has 0 bridgehead atoms. The molecule has 1 aliphatic rings. The molecule has 0 spiro atoms. The summed E-state index contributed by atoms with van der Waals surface area (Å²) in [7, 11) is 0. The van der Waals surface area contributed by atoms with Gasteiger partial charge in [0.2, 0.25) is 0 Å². The normalized spacial score (nSPS) is 15.2. The van der Waals surface area contributed by atoms with E-state index < -0.39 is 0 Å². The highest BCUT2D eigenvalue weighted by molar-refractivity contribution is 9.08. The van der Waals surface area contributed by atoms with Gasteiger partial charge in [-0.15, -0.1) is 0 Å². The summed E-state index contributed by atoms with van der Waals surface area (Å²) >= 11 is 3.56. The molecule has 1 aromatic carbocycles. The van der Waals surface area contributed by atoms with E-state index in [9.17, 15) is 0 Å². The molecule has 0 radical (unpaired) electrons. The minimum atomic E-state index is 0.604. The van der Waals surface area contributed by atoms with E-state index in [2.05, 4.69) is 46.2 Å². The second-order valence-electron chi connectivity index (χ2n) is 4.60. The molecule has 3 heteroatoms. The zero-order chi connectivity index (χ0) is 11.8. The minimum Gasteiger partial charge on any atom is -0.360 e. The lowest BCUT2D eigenvalue weighted by Gasteiger charge is -2.03. The highest BCUT2D eigenvalue weighted by Crippen LogP contribution is 2.44.